The number of hydrogen-bond acceptors (Lipinski definition) is 5. The van der Waals surface area contributed by atoms with Crippen LogP contribution in [0.15, 0.2) is 35.7 Å². The van der Waals surface area contributed by atoms with Gasteiger partial charge in [0.2, 0.25) is 11.8 Å². The third kappa shape index (κ3) is 2.55. The van der Waals surface area contributed by atoms with E-state index in [4.69, 9.17) is 0 Å². The highest BCUT2D eigenvalue weighted by molar-refractivity contribution is 7.13. The Morgan fingerprint density at radius 2 is 1.85 bits per heavy atom. The second-order valence-electron chi connectivity index (χ2n) is 7.21. The van der Waals surface area contributed by atoms with Crippen molar-refractivity contribution in [2.45, 2.75) is 18.9 Å². The molecule has 4 heterocycles. The average Bonchev–Trinajstić information content (AvgIpc) is 3.37. The molecule has 0 bridgehead atoms. The lowest BCUT2D eigenvalue weighted by molar-refractivity contribution is -0.145. The fraction of sp³-hybridized carbons (Fsp3) is 0.368. The molecule has 3 aliphatic rings. The van der Waals surface area contributed by atoms with Crippen LogP contribution in [-0.2, 0) is 9.59 Å². The van der Waals surface area contributed by atoms with Crippen molar-refractivity contribution in [2.75, 3.05) is 13.1 Å². The SMILES string of the molecule is O=C(c1cc(-c2cccs2)[nH]n1)N1CC(N2C(=O)[C@H]3CC=CC[C@@H]3C2=O)C1. The third-order valence-electron chi connectivity index (χ3n) is 5.64. The van der Waals surface area contributed by atoms with Gasteiger partial charge < -0.3 is 4.90 Å². The van der Waals surface area contributed by atoms with E-state index in [0.29, 0.717) is 31.6 Å². The number of aromatic amines is 1. The lowest BCUT2D eigenvalue weighted by atomic mass is 9.85. The third-order valence-corrected chi connectivity index (χ3v) is 6.54. The minimum Gasteiger partial charge on any atom is -0.333 e. The van der Waals surface area contributed by atoms with E-state index in [2.05, 4.69) is 10.2 Å². The van der Waals surface area contributed by atoms with E-state index < -0.39 is 0 Å². The number of allylic oxidation sites excluding steroid dienone is 2. The minimum atomic E-state index is -0.216. The number of thiophene rings is 1. The number of fused-ring (bicyclic) bond motifs is 1. The Morgan fingerprint density at radius 3 is 2.48 bits per heavy atom. The summed E-state index contributed by atoms with van der Waals surface area (Å²) >= 11 is 1.57. The Hall–Kier alpha value is -2.74. The summed E-state index contributed by atoms with van der Waals surface area (Å²) < 4.78 is 0. The summed E-state index contributed by atoms with van der Waals surface area (Å²) in [5.74, 6) is -0.764. The first-order valence-corrected chi connectivity index (χ1v) is 9.92. The van der Waals surface area contributed by atoms with E-state index in [0.717, 1.165) is 10.6 Å². The van der Waals surface area contributed by atoms with E-state index >= 15 is 0 Å². The van der Waals surface area contributed by atoms with Crippen molar-refractivity contribution >= 4 is 29.1 Å². The molecule has 7 nitrogen and oxygen atoms in total. The summed E-state index contributed by atoms with van der Waals surface area (Å²) in [4.78, 5) is 41.9. The molecule has 2 atom stereocenters. The zero-order valence-corrected chi connectivity index (χ0v) is 15.3. The van der Waals surface area contributed by atoms with Gasteiger partial charge in [-0.3, -0.25) is 24.4 Å². The molecule has 0 radical (unpaired) electrons. The van der Waals surface area contributed by atoms with Gasteiger partial charge in [-0.1, -0.05) is 18.2 Å². The van der Waals surface area contributed by atoms with Crippen molar-refractivity contribution in [3.63, 3.8) is 0 Å². The standard InChI is InChI=1S/C19H18N4O3S/c24-17-12-4-1-2-5-13(12)18(25)23(17)11-9-22(10-11)19(26)15-8-14(20-21-15)16-6-3-7-27-16/h1-3,6-8,11-13H,4-5,9-10H2,(H,20,21)/t12-,13-/m0/s1. The van der Waals surface area contributed by atoms with E-state index in [9.17, 15) is 14.4 Å². The fourth-order valence-electron chi connectivity index (χ4n) is 4.12. The lowest BCUT2D eigenvalue weighted by Gasteiger charge is -2.42. The molecule has 2 aliphatic heterocycles. The molecule has 0 aromatic carbocycles. The molecule has 2 fully saturated rings. The van der Waals surface area contributed by atoms with Gasteiger partial charge >= 0.3 is 0 Å². The zero-order valence-electron chi connectivity index (χ0n) is 14.5. The number of carbonyl (C=O) groups is 3. The minimum absolute atomic E-state index is 0.0776. The second kappa shape index (κ2) is 6.16. The molecule has 3 amide bonds. The number of aromatic nitrogens is 2. The van der Waals surface area contributed by atoms with Crippen LogP contribution >= 0.6 is 11.3 Å². The van der Waals surface area contributed by atoms with Crippen LogP contribution in [0.5, 0.6) is 0 Å². The van der Waals surface area contributed by atoms with Crippen LogP contribution in [0.3, 0.4) is 0 Å². The Bertz CT molecular complexity index is 916. The van der Waals surface area contributed by atoms with Crippen molar-refractivity contribution in [3.05, 3.63) is 41.4 Å². The van der Waals surface area contributed by atoms with Crippen molar-refractivity contribution < 1.29 is 14.4 Å². The molecule has 0 spiro atoms. The maximum atomic E-state index is 12.6. The molecular formula is C19H18N4O3S. The number of hydrogen-bond donors (Lipinski definition) is 1. The number of amides is 3. The number of rotatable bonds is 3. The first-order valence-electron chi connectivity index (χ1n) is 9.04. The second-order valence-corrected chi connectivity index (χ2v) is 8.16. The Balaban J connectivity index is 1.25. The Labute approximate surface area is 159 Å². The summed E-state index contributed by atoms with van der Waals surface area (Å²) in [5, 5.41) is 8.98. The predicted octanol–water partition coefficient (Wildman–Crippen LogP) is 1.91. The smallest absolute Gasteiger partial charge is 0.274 e. The average molecular weight is 382 g/mol. The van der Waals surface area contributed by atoms with Crippen LogP contribution in [0.25, 0.3) is 10.6 Å². The number of likely N-dealkylation sites (tertiary alicyclic amines) is 2. The quantitative estimate of drug-likeness (QED) is 0.649. The number of H-pyrrole nitrogens is 1. The zero-order chi connectivity index (χ0) is 18.5. The van der Waals surface area contributed by atoms with Crippen LogP contribution in [0, 0.1) is 11.8 Å². The number of nitrogens with zero attached hydrogens (tertiary/aromatic N) is 3. The van der Waals surface area contributed by atoms with Gasteiger partial charge in [-0.15, -0.1) is 11.3 Å². The van der Waals surface area contributed by atoms with Crippen molar-refractivity contribution in [3.8, 4) is 10.6 Å². The van der Waals surface area contributed by atoms with Crippen LogP contribution in [0.4, 0.5) is 0 Å². The largest absolute Gasteiger partial charge is 0.333 e. The van der Waals surface area contributed by atoms with Gasteiger partial charge in [-0.25, -0.2) is 0 Å². The fourth-order valence-corrected chi connectivity index (χ4v) is 4.81. The summed E-state index contributed by atoms with van der Waals surface area (Å²) in [6.45, 7) is 0.759. The normalized spacial score (nSPS) is 25.0. The van der Waals surface area contributed by atoms with E-state index in [1.807, 2.05) is 29.7 Å². The molecule has 2 aromatic rings. The van der Waals surface area contributed by atoms with Gasteiger partial charge in [-0.2, -0.15) is 5.10 Å². The molecule has 2 aromatic heterocycles. The molecule has 0 saturated carbocycles. The van der Waals surface area contributed by atoms with Crippen LogP contribution in [0.1, 0.15) is 23.3 Å². The van der Waals surface area contributed by atoms with E-state index in [1.54, 1.807) is 22.3 Å². The molecule has 2 saturated heterocycles. The molecule has 5 rings (SSSR count). The summed E-state index contributed by atoms with van der Waals surface area (Å²) in [6, 6.07) is 5.44. The monoisotopic (exact) mass is 382 g/mol. The number of carbonyl (C=O) groups excluding carboxylic acids is 3. The molecule has 27 heavy (non-hydrogen) atoms. The molecule has 8 heteroatoms. The van der Waals surface area contributed by atoms with Gasteiger partial charge in [0.05, 0.1) is 28.4 Å². The summed E-state index contributed by atoms with van der Waals surface area (Å²) in [6.07, 6.45) is 5.24. The number of imide groups is 1. The van der Waals surface area contributed by atoms with Gasteiger partial charge in [0.1, 0.15) is 0 Å². The van der Waals surface area contributed by atoms with Crippen LogP contribution in [-0.4, -0.2) is 56.9 Å². The van der Waals surface area contributed by atoms with Crippen molar-refractivity contribution in [1.29, 1.82) is 0 Å². The van der Waals surface area contributed by atoms with Crippen molar-refractivity contribution in [2.24, 2.45) is 11.8 Å². The molecular weight excluding hydrogens is 364 g/mol. The van der Waals surface area contributed by atoms with Gasteiger partial charge in [0, 0.05) is 13.1 Å². The Morgan fingerprint density at radius 1 is 1.15 bits per heavy atom. The summed E-state index contributed by atoms with van der Waals surface area (Å²) in [7, 11) is 0. The molecule has 138 valence electrons. The first-order chi connectivity index (χ1) is 13.1. The summed E-state index contributed by atoms with van der Waals surface area (Å²) in [5.41, 5.74) is 1.17. The molecule has 0 unspecified atom stereocenters. The molecule has 1 N–H and O–H groups in total. The highest BCUT2D eigenvalue weighted by atomic mass is 32.1. The van der Waals surface area contributed by atoms with Crippen LogP contribution < -0.4 is 0 Å². The van der Waals surface area contributed by atoms with E-state index in [1.165, 1.54) is 4.90 Å². The maximum absolute atomic E-state index is 12.6. The highest BCUT2D eigenvalue weighted by Gasteiger charge is 2.52. The maximum Gasteiger partial charge on any atom is 0.274 e. The van der Waals surface area contributed by atoms with Gasteiger partial charge in [-0.05, 0) is 30.4 Å². The van der Waals surface area contributed by atoms with Gasteiger partial charge in [0.15, 0.2) is 5.69 Å². The van der Waals surface area contributed by atoms with E-state index in [-0.39, 0.29) is 35.6 Å². The highest BCUT2D eigenvalue weighted by Crippen LogP contribution is 2.37. The topological polar surface area (TPSA) is 86.4 Å². The predicted molar refractivity (Wildman–Crippen MR) is 98.8 cm³/mol. The van der Waals surface area contributed by atoms with Crippen LogP contribution in [0.2, 0.25) is 0 Å². The molecule has 1 aliphatic carbocycles. The first kappa shape index (κ1) is 16.4. The number of nitrogens with one attached hydrogen (secondary N) is 1. The lowest BCUT2D eigenvalue weighted by Crippen LogP contribution is -2.62. The van der Waals surface area contributed by atoms with Gasteiger partial charge in [0.25, 0.3) is 5.91 Å². The van der Waals surface area contributed by atoms with Crippen molar-refractivity contribution in [1.82, 2.24) is 20.0 Å². The Kier molecular flexibility index (Phi) is 3.75.